The normalized spacial score (nSPS) is 16.9. The maximum absolute atomic E-state index is 13.8. The number of halogens is 1. The van der Waals surface area contributed by atoms with E-state index in [4.69, 9.17) is 4.74 Å². The molecule has 0 bridgehead atoms. The summed E-state index contributed by atoms with van der Waals surface area (Å²) >= 11 is 0. The quantitative estimate of drug-likeness (QED) is 0.776. The summed E-state index contributed by atoms with van der Waals surface area (Å²) in [6.45, 7) is 7.64. The van der Waals surface area contributed by atoms with Crippen molar-refractivity contribution in [2.45, 2.75) is 45.9 Å². The van der Waals surface area contributed by atoms with E-state index in [-0.39, 0.29) is 17.5 Å². The van der Waals surface area contributed by atoms with Gasteiger partial charge in [-0.2, -0.15) is 0 Å². The van der Waals surface area contributed by atoms with Crippen LogP contribution in [0.2, 0.25) is 0 Å². The Labute approximate surface area is 158 Å². The predicted molar refractivity (Wildman–Crippen MR) is 102 cm³/mol. The standard InChI is InChI=1S/C22H24FNO3/c1-14-17-11-10-16(23)12-18(17)20(25)19(21(26)27-22(2,3)4)24(14)13-15-8-6-5-7-9-15/h5-12,14,25H,13H2,1-4H3. The van der Waals surface area contributed by atoms with Crippen molar-refractivity contribution in [3.8, 4) is 0 Å². The van der Waals surface area contributed by atoms with Crippen molar-refractivity contribution in [1.29, 1.82) is 0 Å². The van der Waals surface area contributed by atoms with Gasteiger partial charge in [0.05, 0.1) is 6.04 Å². The van der Waals surface area contributed by atoms with E-state index < -0.39 is 17.4 Å². The molecule has 1 aliphatic rings. The third-order valence-corrected chi connectivity index (χ3v) is 4.49. The highest BCUT2D eigenvalue weighted by molar-refractivity contribution is 5.96. The molecule has 4 nitrogen and oxygen atoms in total. The molecule has 2 aromatic rings. The summed E-state index contributed by atoms with van der Waals surface area (Å²) in [7, 11) is 0. The van der Waals surface area contributed by atoms with Crippen LogP contribution in [0.25, 0.3) is 5.76 Å². The Kier molecular flexibility index (Phi) is 4.96. The molecule has 0 radical (unpaired) electrons. The zero-order valence-corrected chi connectivity index (χ0v) is 16.0. The molecule has 27 heavy (non-hydrogen) atoms. The topological polar surface area (TPSA) is 49.8 Å². The summed E-state index contributed by atoms with van der Waals surface area (Å²) in [5.41, 5.74) is 1.42. The Morgan fingerprint density at radius 2 is 1.85 bits per heavy atom. The molecule has 0 amide bonds. The lowest BCUT2D eigenvalue weighted by atomic mass is 9.92. The number of benzene rings is 2. The van der Waals surface area contributed by atoms with Gasteiger partial charge in [0.25, 0.3) is 0 Å². The van der Waals surface area contributed by atoms with E-state index in [1.165, 1.54) is 12.1 Å². The molecular weight excluding hydrogens is 345 g/mol. The molecule has 1 heterocycles. The van der Waals surface area contributed by atoms with E-state index in [1.807, 2.05) is 37.3 Å². The summed E-state index contributed by atoms with van der Waals surface area (Å²) < 4.78 is 19.3. The maximum Gasteiger partial charge on any atom is 0.359 e. The Morgan fingerprint density at radius 1 is 1.19 bits per heavy atom. The fraction of sp³-hybridized carbons (Fsp3) is 0.318. The molecular formula is C22H24FNO3. The van der Waals surface area contributed by atoms with Gasteiger partial charge in [-0.1, -0.05) is 36.4 Å². The van der Waals surface area contributed by atoms with Gasteiger partial charge in [0.2, 0.25) is 0 Å². The number of esters is 1. The Bertz CT molecular complexity index is 884. The van der Waals surface area contributed by atoms with Crippen molar-refractivity contribution < 1.29 is 19.0 Å². The van der Waals surface area contributed by atoms with E-state index in [1.54, 1.807) is 31.7 Å². The molecule has 3 rings (SSSR count). The van der Waals surface area contributed by atoms with E-state index in [9.17, 15) is 14.3 Å². The lowest BCUT2D eigenvalue weighted by molar-refractivity contribution is -0.152. The molecule has 0 spiro atoms. The van der Waals surface area contributed by atoms with Crippen LogP contribution < -0.4 is 0 Å². The molecule has 0 saturated carbocycles. The molecule has 1 atom stereocenters. The third-order valence-electron chi connectivity index (χ3n) is 4.49. The fourth-order valence-electron chi connectivity index (χ4n) is 3.26. The van der Waals surface area contributed by atoms with Crippen molar-refractivity contribution >= 4 is 11.7 Å². The van der Waals surface area contributed by atoms with E-state index >= 15 is 0 Å². The van der Waals surface area contributed by atoms with Crippen molar-refractivity contribution in [3.63, 3.8) is 0 Å². The average Bonchev–Trinajstić information content (AvgIpc) is 2.59. The smallest absolute Gasteiger partial charge is 0.359 e. The summed E-state index contributed by atoms with van der Waals surface area (Å²) in [6, 6.07) is 13.7. The van der Waals surface area contributed by atoms with Crippen molar-refractivity contribution in [2.24, 2.45) is 0 Å². The number of carbonyl (C=O) groups excluding carboxylic acids is 1. The largest absolute Gasteiger partial charge is 0.505 e. The first-order valence-electron chi connectivity index (χ1n) is 8.94. The number of hydrogen-bond donors (Lipinski definition) is 1. The zero-order chi connectivity index (χ0) is 19.8. The summed E-state index contributed by atoms with van der Waals surface area (Å²) in [4.78, 5) is 14.7. The van der Waals surface area contributed by atoms with Crippen LogP contribution in [0, 0.1) is 5.82 Å². The molecule has 1 aliphatic heterocycles. The number of carbonyl (C=O) groups is 1. The van der Waals surface area contributed by atoms with E-state index in [0.29, 0.717) is 12.1 Å². The molecule has 1 unspecified atom stereocenters. The van der Waals surface area contributed by atoms with Crippen LogP contribution in [0.4, 0.5) is 4.39 Å². The number of nitrogens with zero attached hydrogens (tertiary/aromatic N) is 1. The predicted octanol–water partition coefficient (Wildman–Crippen LogP) is 4.97. The summed E-state index contributed by atoms with van der Waals surface area (Å²) in [6.07, 6.45) is 0. The highest BCUT2D eigenvalue weighted by atomic mass is 19.1. The van der Waals surface area contributed by atoms with Gasteiger partial charge >= 0.3 is 5.97 Å². The van der Waals surface area contributed by atoms with Crippen molar-refractivity contribution in [1.82, 2.24) is 4.90 Å². The number of hydrogen-bond acceptors (Lipinski definition) is 4. The van der Waals surface area contributed by atoms with Gasteiger partial charge in [-0.15, -0.1) is 0 Å². The first kappa shape index (κ1) is 19.0. The van der Waals surface area contributed by atoms with Crippen LogP contribution in [0.1, 0.15) is 50.4 Å². The van der Waals surface area contributed by atoms with Crippen LogP contribution in [-0.2, 0) is 16.1 Å². The van der Waals surface area contributed by atoms with Gasteiger partial charge in [0, 0.05) is 12.1 Å². The molecule has 1 N–H and O–H groups in total. The second-order valence-corrected chi connectivity index (χ2v) is 7.72. The van der Waals surface area contributed by atoms with Crippen molar-refractivity contribution in [3.05, 3.63) is 76.7 Å². The van der Waals surface area contributed by atoms with E-state index in [2.05, 4.69) is 0 Å². The van der Waals surface area contributed by atoms with Crippen LogP contribution in [0.5, 0.6) is 0 Å². The molecule has 0 saturated heterocycles. The maximum atomic E-state index is 13.8. The number of aliphatic hydroxyl groups is 1. The number of ether oxygens (including phenoxy) is 1. The number of aliphatic hydroxyl groups excluding tert-OH is 1. The molecule has 0 fully saturated rings. The van der Waals surface area contributed by atoms with Gasteiger partial charge in [-0.25, -0.2) is 9.18 Å². The third kappa shape index (κ3) is 3.97. The summed E-state index contributed by atoms with van der Waals surface area (Å²) in [5, 5.41) is 10.8. The SMILES string of the molecule is CC1c2ccc(F)cc2C(O)=C(C(=O)OC(C)(C)C)N1Cc1ccccc1. The molecule has 0 aliphatic carbocycles. The van der Waals surface area contributed by atoms with Crippen LogP contribution >= 0.6 is 0 Å². The molecule has 142 valence electrons. The Morgan fingerprint density at radius 3 is 2.48 bits per heavy atom. The number of rotatable bonds is 3. The molecule has 2 aromatic carbocycles. The van der Waals surface area contributed by atoms with Gasteiger partial charge in [-0.3, -0.25) is 0 Å². The first-order valence-corrected chi connectivity index (χ1v) is 8.94. The minimum absolute atomic E-state index is 0.0550. The Balaban J connectivity index is 2.11. The molecule has 5 heteroatoms. The average molecular weight is 369 g/mol. The van der Waals surface area contributed by atoms with Crippen molar-refractivity contribution in [2.75, 3.05) is 0 Å². The zero-order valence-electron chi connectivity index (χ0n) is 16.0. The second-order valence-electron chi connectivity index (χ2n) is 7.72. The monoisotopic (exact) mass is 369 g/mol. The van der Waals surface area contributed by atoms with Crippen LogP contribution in [0.3, 0.4) is 0 Å². The lowest BCUT2D eigenvalue weighted by Crippen LogP contribution is -2.37. The van der Waals surface area contributed by atoms with Gasteiger partial charge in [-0.05, 0) is 51.0 Å². The highest BCUT2D eigenvalue weighted by Crippen LogP contribution is 2.39. The number of fused-ring (bicyclic) bond motifs is 1. The minimum Gasteiger partial charge on any atom is -0.505 e. The van der Waals surface area contributed by atoms with Crippen LogP contribution in [0.15, 0.2) is 54.2 Å². The Hall–Kier alpha value is -2.82. The fourth-order valence-corrected chi connectivity index (χ4v) is 3.26. The lowest BCUT2D eigenvalue weighted by Gasteiger charge is -2.38. The minimum atomic E-state index is -0.714. The van der Waals surface area contributed by atoms with Crippen LogP contribution in [-0.4, -0.2) is 21.6 Å². The first-order chi connectivity index (χ1) is 12.7. The van der Waals surface area contributed by atoms with E-state index in [0.717, 1.165) is 11.1 Å². The van der Waals surface area contributed by atoms with Gasteiger partial charge in [0.1, 0.15) is 11.4 Å². The van der Waals surface area contributed by atoms with Gasteiger partial charge in [0.15, 0.2) is 11.5 Å². The molecule has 0 aromatic heterocycles. The van der Waals surface area contributed by atoms with Gasteiger partial charge < -0.3 is 14.7 Å². The summed E-state index contributed by atoms with van der Waals surface area (Å²) in [5.74, 6) is -1.35. The highest BCUT2D eigenvalue weighted by Gasteiger charge is 2.36. The second kappa shape index (κ2) is 7.06.